The molecular formula is C13H20N2O. The van der Waals surface area contributed by atoms with E-state index < -0.39 is 0 Å². The third kappa shape index (κ3) is 2.73. The Morgan fingerprint density at radius 1 is 1.50 bits per heavy atom. The molecule has 0 saturated heterocycles. The fourth-order valence-electron chi connectivity index (χ4n) is 2.05. The Morgan fingerprint density at radius 2 is 2.25 bits per heavy atom. The standard InChI is InChI=1S/C13H20N2O/c1-13(2)9-11(13)10-14-6-8-15-7-4-3-5-12(15)16/h3-5,7,11,14H,6,8-10H2,1-2H3. The summed E-state index contributed by atoms with van der Waals surface area (Å²) in [4.78, 5) is 11.4. The molecule has 0 aliphatic heterocycles. The molecule has 2 rings (SSSR count). The smallest absolute Gasteiger partial charge is 0.250 e. The van der Waals surface area contributed by atoms with E-state index in [1.54, 1.807) is 16.7 Å². The molecule has 1 aliphatic carbocycles. The normalized spacial score (nSPS) is 22.0. The van der Waals surface area contributed by atoms with Gasteiger partial charge in [0.2, 0.25) is 0 Å². The fourth-order valence-corrected chi connectivity index (χ4v) is 2.05. The molecular weight excluding hydrogens is 200 g/mol. The molecule has 1 saturated carbocycles. The van der Waals surface area contributed by atoms with Crippen LogP contribution in [-0.2, 0) is 6.54 Å². The largest absolute Gasteiger partial charge is 0.315 e. The third-order valence-electron chi connectivity index (χ3n) is 3.54. The van der Waals surface area contributed by atoms with Crippen molar-refractivity contribution in [1.29, 1.82) is 0 Å². The lowest BCUT2D eigenvalue weighted by molar-refractivity contribution is 0.503. The van der Waals surface area contributed by atoms with Crippen molar-refractivity contribution in [3.63, 3.8) is 0 Å². The van der Waals surface area contributed by atoms with Crippen LogP contribution >= 0.6 is 0 Å². The van der Waals surface area contributed by atoms with Crippen molar-refractivity contribution >= 4 is 0 Å². The predicted octanol–water partition coefficient (Wildman–Crippen LogP) is 1.48. The van der Waals surface area contributed by atoms with Gasteiger partial charge in [-0.15, -0.1) is 0 Å². The van der Waals surface area contributed by atoms with Gasteiger partial charge in [0.05, 0.1) is 0 Å². The monoisotopic (exact) mass is 220 g/mol. The highest BCUT2D eigenvalue weighted by molar-refractivity contribution is 4.96. The van der Waals surface area contributed by atoms with Crippen LogP contribution in [0.4, 0.5) is 0 Å². The van der Waals surface area contributed by atoms with E-state index in [1.807, 2.05) is 12.3 Å². The highest BCUT2D eigenvalue weighted by atomic mass is 16.1. The average Bonchev–Trinajstić information content (AvgIpc) is 2.84. The maximum absolute atomic E-state index is 11.4. The molecule has 1 aliphatic rings. The van der Waals surface area contributed by atoms with E-state index in [0.29, 0.717) is 5.41 Å². The zero-order chi connectivity index (χ0) is 11.6. The van der Waals surface area contributed by atoms with Crippen LogP contribution in [0.3, 0.4) is 0 Å². The van der Waals surface area contributed by atoms with Gasteiger partial charge in [-0.2, -0.15) is 0 Å². The molecule has 0 spiro atoms. The lowest BCUT2D eigenvalue weighted by atomic mass is 10.1. The van der Waals surface area contributed by atoms with Gasteiger partial charge in [0.15, 0.2) is 0 Å². The molecule has 1 N–H and O–H groups in total. The highest BCUT2D eigenvalue weighted by Crippen LogP contribution is 2.50. The predicted molar refractivity (Wildman–Crippen MR) is 65.5 cm³/mol. The van der Waals surface area contributed by atoms with Gasteiger partial charge in [-0.1, -0.05) is 19.9 Å². The lowest BCUT2D eigenvalue weighted by Gasteiger charge is -2.07. The second kappa shape index (κ2) is 4.42. The Hall–Kier alpha value is -1.09. The van der Waals surface area contributed by atoms with Crippen molar-refractivity contribution in [3.05, 3.63) is 34.7 Å². The first-order chi connectivity index (χ1) is 7.59. The second-order valence-electron chi connectivity index (χ2n) is 5.33. The molecule has 1 fully saturated rings. The first-order valence-corrected chi connectivity index (χ1v) is 5.96. The van der Waals surface area contributed by atoms with Gasteiger partial charge in [-0.25, -0.2) is 0 Å². The van der Waals surface area contributed by atoms with E-state index in [2.05, 4.69) is 19.2 Å². The van der Waals surface area contributed by atoms with Gasteiger partial charge in [-0.3, -0.25) is 4.79 Å². The van der Waals surface area contributed by atoms with Crippen LogP contribution in [-0.4, -0.2) is 17.7 Å². The van der Waals surface area contributed by atoms with Crippen molar-refractivity contribution in [2.75, 3.05) is 13.1 Å². The van der Waals surface area contributed by atoms with Gasteiger partial charge in [0, 0.05) is 25.4 Å². The summed E-state index contributed by atoms with van der Waals surface area (Å²) in [6.45, 7) is 7.32. The Labute approximate surface area is 96.5 Å². The molecule has 1 unspecified atom stereocenters. The van der Waals surface area contributed by atoms with Crippen molar-refractivity contribution < 1.29 is 0 Å². The minimum Gasteiger partial charge on any atom is -0.315 e. The van der Waals surface area contributed by atoms with E-state index >= 15 is 0 Å². The Bertz CT molecular complexity index is 408. The Kier molecular flexibility index (Phi) is 3.15. The minimum absolute atomic E-state index is 0.0797. The molecule has 1 aromatic heterocycles. The zero-order valence-corrected chi connectivity index (χ0v) is 10.1. The molecule has 0 bridgehead atoms. The molecule has 3 heteroatoms. The summed E-state index contributed by atoms with van der Waals surface area (Å²) in [6, 6.07) is 5.27. The number of nitrogens with one attached hydrogen (secondary N) is 1. The van der Waals surface area contributed by atoms with Gasteiger partial charge in [0.25, 0.3) is 5.56 Å². The summed E-state index contributed by atoms with van der Waals surface area (Å²) < 4.78 is 1.74. The highest BCUT2D eigenvalue weighted by Gasteiger charge is 2.44. The Morgan fingerprint density at radius 3 is 2.88 bits per heavy atom. The fraction of sp³-hybridized carbons (Fsp3) is 0.615. The maximum atomic E-state index is 11.4. The van der Waals surface area contributed by atoms with E-state index in [1.165, 1.54) is 6.42 Å². The first kappa shape index (κ1) is 11.4. The van der Waals surface area contributed by atoms with Crippen molar-refractivity contribution in [1.82, 2.24) is 9.88 Å². The third-order valence-corrected chi connectivity index (χ3v) is 3.54. The van der Waals surface area contributed by atoms with E-state index in [-0.39, 0.29) is 5.56 Å². The Balaban J connectivity index is 1.69. The number of hydrogen-bond acceptors (Lipinski definition) is 2. The van der Waals surface area contributed by atoms with Gasteiger partial charge >= 0.3 is 0 Å². The second-order valence-corrected chi connectivity index (χ2v) is 5.33. The van der Waals surface area contributed by atoms with Crippen LogP contribution in [0, 0.1) is 11.3 Å². The van der Waals surface area contributed by atoms with E-state index in [4.69, 9.17) is 0 Å². The van der Waals surface area contributed by atoms with Crippen LogP contribution in [0.2, 0.25) is 0 Å². The van der Waals surface area contributed by atoms with E-state index in [9.17, 15) is 4.79 Å². The summed E-state index contributed by atoms with van der Waals surface area (Å²) >= 11 is 0. The van der Waals surface area contributed by atoms with Crippen LogP contribution < -0.4 is 10.9 Å². The SMILES string of the molecule is CC1(C)CC1CNCCn1ccccc1=O. The summed E-state index contributed by atoms with van der Waals surface area (Å²) in [7, 11) is 0. The summed E-state index contributed by atoms with van der Waals surface area (Å²) in [5.41, 5.74) is 0.618. The molecule has 16 heavy (non-hydrogen) atoms. The number of hydrogen-bond donors (Lipinski definition) is 1. The molecule has 0 radical (unpaired) electrons. The van der Waals surface area contributed by atoms with Crippen molar-refractivity contribution in [3.8, 4) is 0 Å². The number of pyridine rings is 1. The molecule has 1 atom stereocenters. The lowest BCUT2D eigenvalue weighted by Crippen LogP contribution is -2.27. The average molecular weight is 220 g/mol. The molecule has 1 aromatic rings. The van der Waals surface area contributed by atoms with Gasteiger partial charge < -0.3 is 9.88 Å². The zero-order valence-electron chi connectivity index (χ0n) is 10.1. The van der Waals surface area contributed by atoms with E-state index in [0.717, 1.165) is 25.6 Å². The summed E-state index contributed by atoms with van der Waals surface area (Å²) in [5, 5.41) is 3.42. The van der Waals surface area contributed by atoms with Gasteiger partial charge in [-0.05, 0) is 30.4 Å². The minimum atomic E-state index is 0.0797. The topological polar surface area (TPSA) is 34.0 Å². The van der Waals surface area contributed by atoms with Crippen LogP contribution in [0.5, 0.6) is 0 Å². The van der Waals surface area contributed by atoms with Crippen molar-refractivity contribution in [2.24, 2.45) is 11.3 Å². The number of aromatic nitrogens is 1. The number of nitrogens with zero attached hydrogens (tertiary/aromatic N) is 1. The summed E-state index contributed by atoms with van der Waals surface area (Å²) in [6.07, 6.45) is 3.16. The van der Waals surface area contributed by atoms with Crippen molar-refractivity contribution in [2.45, 2.75) is 26.8 Å². The number of rotatable bonds is 5. The molecule has 3 nitrogen and oxygen atoms in total. The van der Waals surface area contributed by atoms with Gasteiger partial charge in [0.1, 0.15) is 0 Å². The quantitative estimate of drug-likeness (QED) is 0.763. The summed E-state index contributed by atoms with van der Waals surface area (Å²) in [5.74, 6) is 0.819. The van der Waals surface area contributed by atoms with Crippen LogP contribution in [0.1, 0.15) is 20.3 Å². The molecule has 1 heterocycles. The molecule has 88 valence electrons. The molecule has 0 aromatic carbocycles. The first-order valence-electron chi connectivity index (χ1n) is 5.96. The van der Waals surface area contributed by atoms with Crippen LogP contribution in [0.15, 0.2) is 29.2 Å². The molecule has 0 amide bonds. The maximum Gasteiger partial charge on any atom is 0.250 e. The van der Waals surface area contributed by atoms with Crippen LogP contribution in [0.25, 0.3) is 0 Å².